The van der Waals surface area contributed by atoms with Gasteiger partial charge < -0.3 is 14.6 Å². The van der Waals surface area contributed by atoms with E-state index in [-0.39, 0.29) is 11.3 Å². The maximum atomic E-state index is 11.9. The van der Waals surface area contributed by atoms with Gasteiger partial charge in [-0.05, 0) is 12.1 Å². The molecule has 1 aromatic carbocycles. The number of hydrogen-bond acceptors (Lipinski definition) is 3. The maximum Gasteiger partial charge on any atom is 0.573 e. The first-order chi connectivity index (χ1) is 6.98. The molecule has 0 saturated carbocycles. The van der Waals surface area contributed by atoms with E-state index in [9.17, 15) is 13.2 Å². The van der Waals surface area contributed by atoms with Crippen LogP contribution in [0.25, 0.3) is 0 Å². The van der Waals surface area contributed by atoms with Crippen molar-refractivity contribution in [1.82, 2.24) is 0 Å². The van der Waals surface area contributed by atoms with Crippen molar-refractivity contribution in [3.63, 3.8) is 0 Å². The topological polar surface area (TPSA) is 38.7 Å². The molecule has 84 valence electrons. The summed E-state index contributed by atoms with van der Waals surface area (Å²) in [4.78, 5) is 0. The van der Waals surface area contributed by atoms with Gasteiger partial charge >= 0.3 is 6.36 Å². The minimum Gasteiger partial charge on any atom is -0.496 e. The fourth-order valence-electron chi connectivity index (χ4n) is 1.11. The first kappa shape index (κ1) is 11.6. The van der Waals surface area contributed by atoms with Crippen molar-refractivity contribution < 1.29 is 27.8 Å². The molecule has 0 spiro atoms. The lowest BCUT2D eigenvalue weighted by Gasteiger charge is -2.14. The van der Waals surface area contributed by atoms with E-state index < -0.39 is 18.7 Å². The Kier molecular flexibility index (Phi) is 3.41. The minimum atomic E-state index is -4.78. The number of hydrogen-bond donors (Lipinski definition) is 1. The number of ether oxygens (including phenoxy) is 2. The van der Waals surface area contributed by atoms with Gasteiger partial charge in [-0.1, -0.05) is 6.07 Å². The molecule has 1 rings (SSSR count). The number of alkyl halides is 3. The first-order valence-electron chi connectivity index (χ1n) is 4.00. The Morgan fingerprint density at radius 2 is 1.87 bits per heavy atom. The summed E-state index contributed by atoms with van der Waals surface area (Å²) in [5, 5.41) is 8.90. The summed E-state index contributed by atoms with van der Waals surface area (Å²) in [6.07, 6.45) is -4.78. The predicted octanol–water partition coefficient (Wildman–Crippen LogP) is 2.09. The van der Waals surface area contributed by atoms with Crippen molar-refractivity contribution in [3.05, 3.63) is 23.8 Å². The fraction of sp³-hybridized carbons (Fsp3) is 0.333. The van der Waals surface area contributed by atoms with E-state index in [0.717, 1.165) is 6.07 Å². The van der Waals surface area contributed by atoms with Crippen molar-refractivity contribution in [2.24, 2.45) is 0 Å². The van der Waals surface area contributed by atoms with E-state index in [1.807, 2.05) is 0 Å². The third kappa shape index (κ3) is 3.02. The molecule has 0 saturated heterocycles. The first-order valence-corrected chi connectivity index (χ1v) is 4.00. The highest BCUT2D eigenvalue weighted by Gasteiger charge is 2.32. The van der Waals surface area contributed by atoms with Crippen molar-refractivity contribution in [2.45, 2.75) is 13.0 Å². The smallest absolute Gasteiger partial charge is 0.496 e. The molecule has 0 aliphatic heterocycles. The molecule has 0 heterocycles. The van der Waals surface area contributed by atoms with Gasteiger partial charge in [-0.2, -0.15) is 0 Å². The molecule has 15 heavy (non-hydrogen) atoms. The SMILES string of the molecule is COc1cccc(OC(F)(F)F)c1CO. The average Bonchev–Trinajstić information content (AvgIpc) is 2.15. The zero-order chi connectivity index (χ0) is 11.5. The monoisotopic (exact) mass is 222 g/mol. The van der Waals surface area contributed by atoms with Crippen molar-refractivity contribution in [3.8, 4) is 11.5 Å². The Morgan fingerprint density at radius 1 is 1.27 bits per heavy atom. The van der Waals surface area contributed by atoms with Gasteiger partial charge in [0.1, 0.15) is 11.5 Å². The Labute approximate surface area is 84.0 Å². The average molecular weight is 222 g/mol. The van der Waals surface area contributed by atoms with Crippen LogP contribution in [0.2, 0.25) is 0 Å². The van der Waals surface area contributed by atoms with Crippen molar-refractivity contribution in [2.75, 3.05) is 7.11 Å². The summed E-state index contributed by atoms with van der Waals surface area (Å²) < 4.78 is 44.4. The lowest BCUT2D eigenvalue weighted by molar-refractivity contribution is -0.275. The summed E-state index contributed by atoms with van der Waals surface area (Å²) in [7, 11) is 1.30. The highest BCUT2D eigenvalue weighted by Crippen LogP contribution is 2.32. The molecule has 0 fully saturated rings. The van der Waals surface area contributed by atoms with E-state index in [4.69, 9.17) is 9.84 Å². The molecule has 0 atom stereocenters. The molecule has 3 nitrogen and oxygen atoms in total. The molecule has 0 bridgehead atoms. The van der Waals surface area contributed by atoms with Crippen LogP contribution in [0, 0.1) is 0 Å². The van der Waals surface area contributed by atoms with Crippen LogP contribution in [0.15, 0.2) is 18.2 Å². The summed E-state index contributed by atoms with van der Waals surface area (Å²) in [6, 6.07) is 3.90. The van der Waals surface area contributed by atoms with Crippen molar-refractivity contribution >= 4 is 0 Å². The lowest BCUT2D eigenvalue weighted by atomic mass is 10.2. The fourth-order valence-corrected chi connectivity index (χ4v) is 1.11. The molecule has 0 aliphatic carbocycles. The lowest BCUT2D eigenvalue weighted by Crippen LogP contribution is -2.18. The third-order valence-electron chi connectivity index (χ3n) is 1.69. The molecule has 1 N–H and O–H groups in total. The van der Waals surface area contributed by atoms with Gasteiger partial charge in [0.15, 0.2) is 0 Å². The van der Waals surface area contributed by atoms with Crippen LogP contribution in [0.1, 0.15) is 5.56 Å². The zero-order valence-corrected chi connectivity index (χ0v) is 7.84. The quantitative estimate of drug-likeness (QED) is 0.850. The van der Waals surface area contributed by atoms with Gasteiger partial charge in [-0.15, -0.1) is 13.2 Å². The summed E-state index contributed by atoms with van der Waals surface area (Å²) in [5.41, 5.74) is -0.0303. The number of halogens is 3. The van der Waals surface area contributed by atoms with E-state index in [0.29, 0.717) is 0 Å². The minimum absolute atomic E-state index is 0.0303. The largest absolute Gasteiger partial charge is 0.573 e. The van der Waals surface area contributed by atoms with Crippen LogP contribution < -0.4 is 9.47 Å². The molecular weight excluding hydrogens is 213 g/mol. The number of methoxy groups -OCH3 is 1. The molecule has 0 aliphatic rings. The van der Waals surface area contributed by atoms with Crippen LogP contribution >= 0.6 is 0 Å². The highest BCUT2D eigenvalue weighted by molar-refractivity contribution is 5.44. The van der Waals surface area contributed by atoms with Crippen LogP contribution in [0.4, 0.5) is 13.2 Å². The molecule has 0 radical (unpaired) electrons. The second-order valence-corrected chi connectivity index (χ2v) is 2.64. The number of aliphatic hydroxyl groups excluding tert-OH is 1. The molecule has 1 aromatic rings. The zero-order valence-electron chi connectivity index (χ0n) is 7.84. The second-order valence-electron chi connectivity index (χ2n) is 2.64. The molecule has 0 unspecified atom stereocenters. The van der Waals surface area contributed by atoms with Crippen LogP contribution in [0.5, 0.6) is 11.5 Å². The van der Waals surface area contributed by atoms with Crippen LogP contribution in [-0.4, -0.2) is 18.6 Å². The van der Waals surface area contributed by atoms with Gasteiger partial charge in [0, 0.05) is 0 Å². The van der Waals surface area contributed by atoms with Crippen LogP contribution in [0.3, 0.4) is 0 Å². The van der Waals surface area contributed by atoms with Gasteiger partial charge in [0.2, 0.25) is 0 Å². The predicted molar refractivity (Wildman–Crippen MR) is 45.6 cm³/mol. The summed E-state index contributed by atoms with van der Waals surface area (Å²) >= 11 is 0. The standard InChI is InChI=1S/C9H9F3O3/c1-14-7-3-2-4-8(6(7)5-13)15-9(10,11)12/h2-4,13H,5H2,1H3. The number of benzene rings is 1. The second kappa shape index (κ2) is 4.39. The Bertz CT molecular complexity index is 336. The highest BCUT2D eigenvalue weighted by atomic mass is 19.4. The van der Waals surface area contributed by atoms with Crippen LogP contribution in [-0.2, 0) is 6.61 Å². The molecular formula is C9H9F3O3. The molecule has 0 amide bonds. The summed E-state index contributed by atoms with van der Waals surface area (Å²) in [6.45, 7) is -0.588. The van der Waals surface area contributed by atoms with E-state index in [1.54, 1.807) is 0 Å². The third-order valence-corrected chi connectivity index (χ3v) is 1.69. The van der Waals surface area contributed by atoms with Gasteiger partial charge in [0.05, 0.1) is 19.3 Å². The number of rotatable bonds is 3. The van der Waals surface area contributed by atoms with Gasteiger partial charge in [-0.25, -0.2) is 0 Å². The Hall–Kier alpha value is -1.43. The molecule has 0 aromatic heterocycles. The van der Waals surface area contributed by atoms with Gasteiger partial charge in [-0.3, -0.25) is 0 Å². The van der Waals surface area contributed by atoms with E-state index in [1.165, 1.54) is 19.2 Å². The van der Waals surface area contributed by atoms with Gasteiger partial charge in [0.25, 0.3) is 0 Å². The van der Waals surface area contributed by atoms with E-state index >= 15 is 0 Å². The number of aliphatic hydroxyl groups is 1. The maximum absolute atomic E-state index is 11.9. The van der Waals surface area contributed by atoms with E-state index in [2.05, 4.69) is 4.74 Å². The Balaban J connectivity index is 3.06. The molecule has 6 heteroatoms. The Morgan fingerprint density at radius 3 is 2.33 bits per heavy atom. The summed E-state index contributed by atoms with van der Waals surface area (Å²) in [5.74, 6) is -0.302. The van der Waals surface area contributed by atoms with Crippen molar-refractivity contribution in [1.29, 1.82) is 0 Å². The normalized spacial score (nSPS) is 11.3.